The van der Waals surface area contributed by atoms with Crippen molar-refractivity contribution in [3.8, 4) is 0 Å². The van der Waals surface area contributed by atoms with Crippen LogP contribution in [0.3, 0.4) is 0 Å². The van der Waals surface area contributed by atoms with Crippen molar-refractivity contribution in [2.45, 2.75) is 63.8 Å². The van der Waals surface area contributed by atoms with Gasteiger partial charge in [0.25, 0.3) is 0 Å². The molecule has 1 aliphatic heterocycles. The van der Waals surface area contributed by atoms with Gasteiger partial charge in [-0.3, -0.25) is 9.59 Å². The fourth-order valence-corrected chi connectivity index (χ4v) is 3.35. The Balaban J connectivity index is 1.54. The molecule has 1 heterocycles. The number of allylic oxidation sites excluding steroid dienone is 1. The molecular weight excluding hydrogens is 264 g/mol. The second-order valence-electron chi connectivity index (χ2n) is 6.77. The molecular formula is C17H26N2O2. The number of rotatable bonds is 3. The molecule has 0 radical (unpaired) electrons. The summed E-state index contributed by atoms with van der Waals surface area (Å²) in [6.45, 7) is 1.40. The highest BCUT2D eigenvalue weighted by Crippen LogP contribution is 2.25. The van der Waals surface area contributed by atoms with E-state index in [-0.39, 0.29) is 17.7 Å². The van der Waals surface area contributed by atoms with Crippen LogP contribution in [-0.4, -0.2) is 35.8 Å². The van der Waals surface area contributed by atoms with E-state index >= 15 is 0 Å². The van der Waals surface area contributed by atoms with E-state index < -0.39 is 0 Å². The van der Waals surface area contributed by atoms with Gasteiger partial charge in [-0.2, -0.15) is 0 Å². The molecule has 116 valence electrons. The first-order chi connectivity index (χ1) is 10.2. The van der Waals surface area contributed by atoms with Gasteiger partial charge in [-0.25, -0.2) is 0 Å². The molecule has 0 aromatic carbocycles. The van der Waals surface area contributed by atoms with Crippen molar-refractivity contribution in [1.29, 1.82) is 0 Å². The van der Waals surface area contributed by atoms with Gasteiger partial charge in [-0.1, -0.05) is 12.0 Å². The van der Waals surface area contributed by atoms with Crippen molar-refractivity contribution in [2.75, 3.05) is 13.1 Å². The number of likely N-dealkylation sites (tertiary alicyclic amines) is 1. The van der Waals surface area contributed by atoms with Gasteiger partial charge in [0, 0.05) is 25.2 Å². The van der Waals surface area contributed by atoms with Crippen molar-refractivity contribution in [1.82, 2.24) is 10.2 Å². The topological polar surface area (TPSA) is 49.4 Å². The number of hydrogen-bond donors (Lipinski definition) is 1. The van der Waals surface area contributed by atoms with E-state index in [1.165, 1.54) is 24.8 Å². The molecule has 4 nitrogen and oxygen atoms in total. The van der Waals surface area contributed by atoms with Gasteiger partial charge in [-0.05, 0) is 51.4 Å². The van der Waals surface area contributed by atoms with E-state index in [2.05, 4.69) is 5.32 Å². The second-order valence-corrected chi connectivity index (χ2v) is 6.77. The number of amides is 2. The van der Waals surface area contributed by atoms with Gasteiger partial charge >= 0.3 is 0 Å². The Bertz CT molecular complexity index is 432. The van der Waals surface area contributed by atoms with E-state index in [1.54, 1.807) is 0 Å². The Hall–Kier alpha value is -1.32. The number of nitrogens with zero attached hydrogens (tertiary/aromatic N) is 1. The molecule has 2 saturated carbocycles. The van der Waals surface area contributed by atoms with E-state index in [4.69, 9.17) is 0 Å². The smallest absolute Gasteiger partial charge is 0.246 e. The summed E-state index contributed by atoms with van der Waals surface area (Å²) in [5, 5.41) is 3.07. The van der Waals surface area contributed by atoms with E-state index in [1.807, 2.05) is 11.0 Å². The molecule has 3 aliphatic rings. The standard InChI is InChI=1S/C17H26N2O2/c20-16(11-13-5-2-1-3-6-13)19-10-4-7-14(12-19)17(21)18-15-8-9-15/h11,14-15H,1-10,12H2,(H,18,21). The zero-order chi connectivity index (χ0) is 14.7. The highest BCUT2D eigenvalue weighted by Gasteiger charge is 2.31. The predicted molar refractivity (Wildman–Crippen MR) is 81.6 cm³/mol. The lowest BCUT2D eigenvalue weighted by molar-refractivity contribution is -0.132. The maximum Gasteiger partial charge on any atom is 0.246 e. The van der Waals surface area contributed by atoms with Crippen LogP contribution in [0, 0.1) is 5.92 Å². The summed E-state index contributed by atoms with van der Waals surface area (Å²) in [5.41, 5.74) is 1.30. The SMILES string of the molecule is O=C(NC1CC1)C1CCCN(C(=O)C=C2CCCCC2)C1. The molecule has 0 spiro atoms. The molecule has 21 heavy (non-hydrogen) atoms. The first-order valence-corrected chi connectivity index (χ1v) is 8.51. The quantitative estimate of drug-likeness (QED) is 0.811. The van der Waals surface area contributed by atoms with Crippen LogP contribution in [0.5, 0.6) is 0 Å². The fourth-order valence-electron chi connectivity index (χ4n) is 3.35. The van der Waals surface area contributed by atoms with E-state index in [0.29, 0.717) is 12.6 Å². The number of carbonyl (C=O) groups excluding carboxylic acids is 2. The first-order valence-electron chi connectivity index (χ1n) is 8.51. The largest absolute Gasteiger partial charge is 0.353 e. The summed E-state index contributed by atoms with van der Waals surface area (Å²) in [4.78, 5) is 26.4. The molecule has 3 fully saturated rings. The zero-order valence-corrected chi connectivity index (χ0v) is 12.8. The van der Waals surface area contributed by atoms with Gasteiger partial charge in [-0.15, -0.1) is 0 Å². The number of nitrogens with one attached hydrogen (secondary N) is 1. The Morgan fingerprint density at radius 3 is 2.52 bits per heavy atom. The highest BCUT2D eigenvalue weighted by molar-refractivity contribution is 5.89. The van der Waals surface area contributed by atoms with Gasteiger partial charge < -0.3 is 10.2 Å². The number of piperidine rings is 1. The molecule has 3 rings (SSSR count). The molecule has 2 amide bonds. The summed E-state index contributed by atoms with van der Waals surface area (Å²) in [5.74, 6) is 0.268. The van der Waals surface area contributed by atoms with Crippen LogP contribution < -0.4 is 5.32 Å². The van der Waals surface area contributed by atoms with Crippen molar-refractivity contribution < 1.29 is 9.59 Å². The third-order valence-corrected chi connectivity index (χ3v) is 4.85. The molecule has 0 aromatic rings. The van der Waals surface area contributed by atoms with Crippen LogP contribution in [-0.2, 0) is 9.59 Å². The van der Waals surface area contributed by atoms with Crippen LogP contribution >= 0.6 is 0 Å². The second kappa shape index (κ2) is 6.63. The normalized spacial score (nSPS) is 26.4. The van der Waals surface area contributed by atoms with Crippen LogP contribution in [0.15, 0.2) is 11.6 Å². The molecule has 1 unspecified atom stereocenters. The minimum Gasteiger partial charge on any atom is -0.353 e. The summed E-state index contributed by atoms with van der Waals surface area (Å²) in [6, 6.07) is 0.410. The molecule has 4 heteroatoms. The van der Waals surface area contributed by atoms with E-state index in [9.17, 15) is 9.59 Å². The molecule has 0 aromatic heterocycles. The minimum absolute atomic E-state index is 0.00643. The molecule has 0 bridgehead atoms. The van der Waals surface area contributed by atoms with Gasteiger partial charge in [0.2, 0.25) is 11.8 Å². The van der Waals surface area contributed by atoms with Crippen molar-refractivity contribution in [3.63, 3.8) is 0 Å². The monoisotopic (exact) mass is 290 g/mol. The lowest BCUT2D eigenvalue weighted by Crippen LogP contribution is -2.45. The van der Waals surface area contributed by atoms with Gasteiger partial charge in [0.05, 0.1) is 5.92 Å². The Morgan fingerprint density at radius 1 is 1.05 bits per heavy atom. The Morgan fingerprint density at radius 2 is 1.81 bits per heavy atom. The van der Waals surface area contributed by atoms with Crippen molar-refractivity contribution in [2.24, 2.45) is 5.92 Å². The highest BCUT2D eigenvalue weighted by atomic mass is 16.2. The fraction of sp³-hybridized carbons (Fsp3) is 0.765. The number of hydrogen-bond acceptors (Lipinski definition) is 2. The van der Waals surface area contributed by atoms with Crippen LogP contribution in [0.1, 0.15) is 57.8 Å². The molecule has 1 saturated heterocycles. The summed E-state index contributed by atoms with van der Waals surface area (Å²) in [6.07, 6.45) is 11.8. The van der Waals surface area contributed by atoms with Crippen LogP contribution in [0.2, 0.25) is 0 Å². The van der Waals surface area contributed by atoms with Crippen LogP contribution in [0.25, 0.3) is 0 Å². The summed E-state index contributed by atoms with van der Waals surface area (Å²) < 4.78 is 0. The summed E-state index contributed by atoms with van der Waals surface area (Å²) in [7, 11) is 0. The Kier molecular flexibility index (Phi) is 4.61. The third-order valence-electron chi connectivity index (χ3n) is 4.85. The third kappa shape index (κ3) is 4.08. The first kappa shape index (κ1) is 14.6. The number of carbonyl (C=O) groups is 2. The lowest BCUT2D eigenvalue weighted by atomic mass is 9.93. The minimum atomic E-state index is -0.00643. The predicted octanol–water partition coefficient (Wildman–Crippen LogP) is 2.39. The summed E-state index contributed by atoms with van der Waals surface area (Å²) >= 11 is 0. The molecule has 1 atom stereocenters. The molecule has 1 N–H and O–H groups in total. The maximum absolute atomic E-state index is 12.4. The van der Waals surface area contributed by atoms with Gasteiger partial charge in [0.15, 0.2) is 0 Å². The van der Waals surface area contributed by atoms with Gasteiger partial charge in [0.1, 0.15) is 0 Å². The van der Waals surface area contributed by atoms with E-state index in [0.717, 1.165) is 45.1 Å². The van der Waals surface area contributed by atoms with Crippen molar-refractivity contribution in [3.05, 3.63) is 11.6 Å². The van der Waals surface area contributed by atoms with Crippen LogP contribution in [0.4, 0.5) is 0 Å². The van der Waals surface area contributed by atoms with Crippen molar-refractivity contribution >= 4 is 11.8 Å². The Labute approximate surface area is 127 Å². The average Bonchev–Trinajstić information content (AvgIpc) is 3.32. The zero-order valence-electron chi connectivity index (χ0n) is 12.8. The average molecular weight is 290 g/mol. The molecule has 2 aliphatic carbocycles. The maximum atomic E-state index is 12.4. The lowest BCUT2D eigenvalue weighted by Gasteiger charge is -2.31.